The lowest BCUT2D eigenvalue weighted by molar-refractivity contribution is 0.0695. The molecule has 5 rings (SSSR count). The standard InChI is InChI=1S/C23H19F2N5O3S/c24-17-10-15-20(30(13-18-27-4-9-34-18)12-16(22(15)31)23(32)33)19(25)21(17)29-7-5-28(6-8-29)14-2-1-3-26-11-14/h1-4,9-12H,5-8,13H2,(H,32,33). The Morgan fingerprint density at radius 3 is 2.56 bits per heavy atom. The third-order valence-corrected chi connectivity index (χ3v) is 6.62. The van der Waals surface area contributed by atoms with Crippen LogP contribution < -0.4 is 15.2 Å². The second kappa shape index (κ2) is 8.82. The van der Waals surface area contributed by atoms with Crippen molar-refractivity contribution in [2.75, 3.05) is 36.0 Å². The first-order chi connectivity index (χ1) is 16.4. The van der Waals surface area contributed by atoms with Gasteiger partial charge in [0, 0.05) is 50.1 Å². The Labute approximate surface area is 196 Å². The van der Waals surface area contributed by atoms with E-state index in [0.717, 1.165) is 18.0 Å². The van der Waals surface area contributed by atoms with Crippen molar-refractivity contribution >= 4 is 39.6 Å². The number of carbonyl (C=O) groups is 1. The van der Waals surface area contributed by atoms with Gasteiger partial charge in [-0.05, 0) is 18.2 Å². The van der Waals surface area contributed by atoms with Gasteiger partial charge < -0.3 is 19.5 Å². The average molecular weight is 484 g/mol. The summed E-state index contributed by atoms with van der Waals surface area (Å²) in [6, 6.07) is 4.70. The Kier molecular flexibility index (Phi) is 5.70. The number of carboxylic acids is 1. The van der Waals surface area contributed by atoms with Crippen LogP contribution in [0.5, 0.6) is 0 Å². The number of aromatic nitrogens is 3. The molecule has 0 aliphatic carbocycles. The van der Waals surface area contributed by atoms with E-state index >= 15 is 8.78 Å². The maximum atomic E-state index is 15.9. The first kappa shape index (κ1) is 22.0. The monoisotopic (exact) mass is 483 g/mol. The van der Waals surface area contributed by atoms with Gasteiger partial charge in [-0.2, -0.15) is 0 Å². The number of halogens is 2. The highest BCUT2D eigenvalue weighted by Crippen LogP contribution is 2.31. The minimum Gasteiger partial charge on any atom is -0.477 e. The fourth-order valence-corrected chi connectivity index (χ4v) is 4.86. The number of aromatic carboxylic acids is 1. The van der Waals surface area contributed by atoms with Gasteiger partial charge in [-0.1, -0.05) is 0 Å². The van der Waals surface area contributed by atoms with E-state index in [1.807, 2.05) is 12.1 Å². The number of hydrogen-bond donors (Lipinski definition) is 1. The highest BCUT2D eigenvalue weighted by atomic mass is 32.1. The molecule has 3 aromatic heterocycles. The summed E-state index contributed by atoms with van der Waals surface area (Å²) in [6.07, 6.45) is 6.09. The second-order valence-electron chi connectivity index (χ2n) is 7.83. The maximum Gasteiger partial charge on any atom is 0.341 e. The zero-order valence-electron chi connectivity index (χ0n) is 17.8. The first-order valence-corrected chi connectivity index (χ1v) is 11.4. The minimum atomic E-state index is -1.46. The summed E-state index contributed by atoms with van der Waals surface area (Å²) in [5.41, 5.74) is -0.922. The molecule has 0 radical (unpaired) electrons. The number of pyridine rings is 2. The number of benzene rings is 1. The van der Waals surface area contributed by atoms with Gasteiger partial charge in [0.25, 0.3) is 0 Å². The summed E-state index contributed by atoms with van der Waals surface area (Å²) in [4.78, 5) is 36.3. The third kappa shape index (κ3) is 3.87. The molecule has 1 aliphatic rings. The molecule has 1 saturated heterocycles. The third-order valence-electron chi connectivity index (χ3n) is 5.86. The van der Waals surface area contributed by atoms with Crippen LogP contribution in [0.15, 0.2) is 53.2 Å². The molecular weight excluding hydrogens is 464 g/mol. The van der Waals surface area contributed by atoms with Crippen molar-refractivity contribution in [2.24, 2.45) is 0 Å². The summed E-state index contributed by atoms with van der Waals surface area (Å²) in [5.74, 6) is -3.26. The Morgan fingerprint density at radius 1 is 1.15 bits per heavy atom. The molecule has 0 spiro atoms. The largest absolute Gasteiger partial charge is 0.477 e. The van der Waals surface area contributed by atoms with Crippen molar-refractivity contribution in [3.8, 4) is 0 Å². The van der Waals surface area contributed by atoms with E-state index in [1.54, 1.807) is 28.9 Å². The number of anilines is 2. The number of hydrogen-bond acceptors (Lipinski definition) is 7. The Hall–Kier alpha value is -3.86. The normalized spacial score (nSPS) is 14.1. The molecule has 4 heterocycles. The van der Waals surface area contributed by atoms with Crippen molar-refractivity contribution in [2.45, 2.75) is 6.54 Å². The molecular formula is C23H19F2N5O3S. The molecule has 0 saturated carbocycles. The van der Waals surface area contributed by atoms with Crippen molar-refractivity contribution in [1.29, 1.82) is 0 Å². The van der Waals surface area contributed by atoms with Crippen LogP contribution in [0.1, 0.15) is 15.4 Å². The van der Waals surface area contributed by atoms with Crippen LogP contribution in [0.25, 0.3) is 10.9 Å². The summed E-state index contributed by atoms with van der Waals surface area (Å²) < 4.78 is 32.4. The van der Waals surface area contributed by atoms with E-state index in [-0.39, 0.29) is 23.1 Å². The van der Waals surface area contributed by atoms with Crippen LogP contribution in [-0.2, 0) is 6.54 Å². The lowest BCUT2D eigenvalue weighted by Gasteiger charge is -2.37. The first-order valence-electron chi connectivity index (χ1n) is 10.5. The maximum absolute atomic E-state index is 15.9. The highest BCUT2D eigenvalue weighted by molar-refractivity contribution is 7.09. The van der Waals surface area contributed by atoms with E-state index in [2.05, 4.69) is 14.9 Å². The van der Waals surface area contributed by atoms with Crippen LogP contribution in [0.2, 0.25) is 0 Å². The Bertz CT molecular complexity index is 1420. The Balaban J connectivity index is 1.58. The number of carboxylic acid groups (broad SMARTS) is 1. The number of piperazine rings is 1. The zero-order valence-corrected chi connectivity index (χ0v) is 18.6. The predicted molar refractivity (Wildman–Crippen MR) is 125 cm³/mol. The van der Waals surface area contributed by atoms with E-state index in [4.69, 9.17) is 0 Å². The van der Waals surface area contributed by atoms with Gasteiger partial charge in [0.2, 0.25) is 5.43 Å². The SMILES string of the molecule is O=C(O)c1cn(Cc2nccs2)c2c(F)c(N3CCN(c4cccnc4)CC3)c(F)cc2c1=O. The number of thiazole rings is 1. The van der Waals surface area contributed by atoms with Gasteiger partial charge in [-0.15, -0.1) is 11.3 Å². The van der Waals surface area contributed by atoms with E-state index in [0.29, 0.717) is 31.2 Å². The van der Waals surface area contributed by atoms with Gasteiger partial charge in [0.15, 0.2) is 5.82 Å². The average Bonchev–Trinajstić information content (AvgIpc) is 3.35. The van der Waals surface area contributed by atoms with E-state index in [1.165, 1.54) is 15.9 Å². The van der Waals surface area contributed by atoms with Crippen LogP contribution in [0.3, 0.4) is 0 Å². The van der Waals surface area contributed by atoms with Gasteiger partial charge in [-0.25, -0.2) is 18.6 Å². The van der Waals surface area contributed by atoms with Crippen molar-refractivity contribution in [3.63, 3.8) is 0 Å². The molecule has 0 atom stereocenters. The molecule has 8 nitrogen and oxygen atoms in total. The summed E-state index contributed by atoms with van der Waals surface area (Å²) in [6.45, 7) is 1.83. The molecule has 174 valence electrons. The lowest BCUT2D eigenvalue weighted by Crippen LogP contribution is -2.47. The Morgan fingerprint density at radius 2 is 1.91 bits per heavy atom. The molecule has 0 unspecified atom stereocenters. The van der Waals surface area contributed by atoms with Gasteiger partial charge in [0.1, 0.15) is 22.1 Å². The molecule has 1 fully saturated rings. The molecule has 4 aromatic rings. The topological polar surface area (TPSA) is 91.6 Å². The van der Waals surface area contributed by atoms with Crippen LogP contribution >= 0.6 is 11.3 Å². The number of fused-ring (bicyclic) bond motifs is 1. The molecule has 0 bridgehead atoms. The second-order valence-corrected chi connectivity index (χ2v) is 8.81. The van der Waals surface area contributed by atoms with Gasteiger partial charge >= 0.3 is 5.97 Å². The minimum absolute atomic E-state index is 0.0471. The zero-order chi connectivity index (χ0) is 23.8. The van der Waals surface area contributed by atoms with Gasteiger partial charge in [-0.3, -0.25) is 9.78 Å². The van der Waals surface area contributed by atoms with Crippen LogP contribution in [0, 0.1) is 11.6 Å². The van der Waals surface area contributed by atoms with Crippen LogP contribution in [0.4, 0.5) is 20.2 Å². The summed E-state index contributed by atoms with van der Waals surface area (Å²) in [7, 11) is 0. The number of rotatable bonds is 5. The van der Waals surface area contributed by atoms with Crippen molar-refractivity contribution < 1.29 is 18.7 Å². The van der Waals surface area contributed by atoms with E-state index < -0.39 is 28.6 Å². The fourth-order valence-electron chi connectivity index (χ4n) is 4.25. The predicted octanol–water partition coefficient (Wildman–Crippen LogP) is 3.20. The van der Waals surface area contributed by atoms with E-state index in [9.17, 15) is 14.7 Å². The highest BCUT2D eigenvalue weighted by Gasteiger charge is 2.27. The van der Waals surface area contributed by atoms with Crippen molar-refractivity contribution in [1.82, 2.24) is 14.5 Å². The van der Waals surface area contributed by atoms with Crippen molar-refractivity contribution in [3.05, 3.63) is 80.8 Å². The quantitative estimate of drug-likeness (QED) is 0.466. The lowest BCUT2D eigenvalue weighted by atomic mass is 10.1. The molecule has 1 aliphatic heterocycles. The fraction of sp³-hybridized carbons (Fsp3) is 0.217. The van der Waals surface area contributed by atoms with Gasteiger partial charge in [0.05, 0.1) is 29.3 Å². The molecule has 1 N–H and O–H groups in total. The molecule has 34 heavy (non-hydrogen) atoms. The number of nitrogens with zero attached hydrogens (tertiary/aromatic N) is 5. The summed E-state index contributed by atoms with van der Waals surface area (Å²) in [5, 5.41) is 11.5. The molecule has 0 amide bonds. The van der Waals surface area contributed by atoms with Crippen LogP contribution in [-0.4, -0.2) is 51.8 Å². The summed E-state index contributed by atoms with van der Waals surface area (Å²) >= 11 is 1.31. The molecule has 1 aromatic carbocycles. The molecule has 11 heteroatoms. The smallest absolute Gasteiger partial charge is 0.341 e.